The van der Waals surface area contributed by atoms with Crippen molar-refractivity contribution in [2.45, 2.75) is 69.2 Å². The highest BCUT2D eigenvalue weighted by Gasteiger charge is 1.85. The second kappa shape index (κ2) is 29.6. The summed E-state index contributed by atoms with van der Waals surface area (Å²) in [5.74, 6) is 0. The van der Waals surface area contributed by atoms with Crippen LogP contribution in [0.5, 0.6) is 0 Å². The van der Waals surface area contributed by atoms with Crippen molar-refractivity contribution in [3.8, 4) is 0 Å². The fourth-order valence-corrected chi connectivity index (χ4v) is 2.95. The topological polar surface area (TPSA) is 0 Å². The maximum absolute atomic E-state index is 2.16. The SMILES string of the molecule is C.C.CC.CC.CCc1ccccc1.CCc1ccccc1.c1ccc2ccccc2c1.c1ccccc1. The van der Waals surface area contributed by atoms with Gasteiger partial charge in [0.2, 0.25) is 0 Å². The van der Waals surface area contributed by atoms with Crippen LogP contribution in [0.25, 0.3) is 10.8 Å². The van der Waals surface area contributed by atoms with E-state index in [9.17, 15) is 0 Å². The lowest BCUT2D eigenvalue weighted by Crippen LogP contribution is -1.73. The molecule has 0 aromatic heterocycles. The van der Waals surface area contributed by atoms with Gasteiger partial charge in [0.05, 0.1) is 0 Å². The summed E-state index contributed by atoms with van der Waals surface area (Å²) >= 11 is 0. The first-order valence-electron chi connectivity index (χ1n) is 13.3. The van der Waals surface area contributed by atoms with Crippen molar-refractivity contribution in [3.05, 3.63) is 157 Å². The molecule has 0 aliphatic carbocycles. The first-order valence-corrected chi connectivity index (χ1v) is 13.3. The van der Waals surface area contributed by atoms with Gasteiger partial charge in [0.15, 0.2) is 0 Å². The minimum Gasteiger partial charge on any atom is -0.0776 e. The molecule has 38 heavy (non-hydrogen) atoms. The first-order chi connectivity index (χ1) is 17.8. The van der Waals surface area contributed by atoms with Gasteiger partial charge in [-0.05, 0) is 34.7 Å². The second-order valence-electron chi connectivity index (χ2n) is 7.18. The molecule has 0 atom stereocenters. The minimum atomic E-state index is 0. The molecule has 5 aromatic rings. The third-order valence-corrected chi connectivity index (χ3v) is 4.83. The van der Waals surface area contributed by atoms with Crippen molar-refractivity contribution in [2.24, 2.45) is 0 Å². The Bertz CT molecular complexity index is 936. The van der Waals surface area contributed by atoms with Crippen molar-refractivity contribution in [1.82, 2.24) is 0 Å². The molecule has 0 fully saturated rings. The maximum atomic E-state index is 2.16. The van der Waals surface area contributed by atoms with Crippen molar-refractivity contribution in [2.75, 3.05) is 0 Å². The van der Waals surface area contributed by atoms with Gasteiger partial charge < -0.3 is 0 Å². The van der Waals surface area contributed by atoms with E-state index in [0.717, 1.165) is 12.8 Å². The molecule has 0 heterocycles. The highest BCUT2D eigenvalue weighted by atomic mass is 13.9. The van der Waals surface area contributed by atoms with Crippen LogP contribution in [-0.2, 0) is 12.8 Å². The maximum Gasteiger partial charge on any atom is -0.0184 e. The number of rotatable bonds is 2. The van der Waals surface area contributed by atoms with Crippen LogP contribution in [0.15, 0.2) is 146 Å². The number of fused-ring (bicyclic) bond motifs is 1. The molecular weight excluding hydrogens is 456 g/mol. The highest BCUT2D eigenvalue weighted by Crippen LogP contribution is 2.11. The predicted molar refractivity (Wildman–Crippen MR) is 178 cm³/mol. The van der Waals surface area contributed by atoms with Crippen molar-refractivity contribution in [1.29, 1.82) is 0 Å². The Labute approximate surface area is 236 Å². The van der Waals surface area contributed by atoms with Gasteiger partial charge in [0.25, 0.3) is 0 Å². The smallest absolute Gasteiger partial charge is 0.0184 e. The summed E-state index contributed by atoms with van der Waals surface area (Å²) in [6.07, 6.45) is 2.28. The molecule has 0 saturated heterocycles. The molecule has 0 nitrogen and oxygen atoms in total. The standard InChI is InChI=1S/C10H8.2C8H10.C6H6.2C2H6.2CH4/c1-2-6-10-8-4-3-7-9(10)5-1;2*1-2-8-6-4-3-5-7-8;1-2-4-6-5-3-1;2*1-2;;/h1-8H;2*3-7H,2H2,1H3;1-6H;2*1-2H3;2*1H4. The van der Waals surface area contributed by atoms with Gasteiger partial charge in [-0.1, -0.05) is 202 Å². The first kappa shape index (κ1) is 38.9. The Morgan fingerprint density at radius 2 is 0.500 bits per heavy atom. The largest absolute Gasteiger partial charge is 0.0776 e. The third kappa shape index (κ3) is 19.5. The van der Waals surface area contributed by atoms with Crippen LogP contribution in [-0.4, -0.2) is 0 Å². The number of benzene rings is 5. The fraction of sp³-hybridized carbons (Fsp3) is 0.263. The van der Waals surface area contributed by atoms with E-state index in [-0.39, 0.29) is 14.9 Å². The van der Waals surface area contributed by atoms with E-state index in [1.807, 2.05) is 76.2 Å². The Balaban J connectivity index is -0.000000409. The van der Waals surface area contributed by atoms with Gasteiger partial charge in [-0.15, -0.1) is 0 Å². The second-order valence-corrected chi connectivity index (χ2v) is 7.18. The molecule has 0 amide bonds. The molecule has 0 bridgehead atoms. The van der Waals surface area contributed by atoms with Crippen molar-refractivity contribution in [3.63, 3.8) is 0 Å². The van der Waals surface area contributed by atoms with Crippen LogP contribution in [0.2, 0.25) is 0 Å². The summed E-state index contributed by atoms with van der Waals surface area (Å²) in [6.45, 7) is 12.3. The molecule has 0 aliphatic rings. The molecule has 206 valence electrons. The molecule has 0 unspecified atom stereocenters. The summed E-state index contributed by atoms with van der Waals surface area (Å²) in [6, 6.07) is 49.6. The van der Waals surface area contributed by atoms with Crippen LogP contribution < -0.4 is 0 Å². The lowest BCUT2D eigenvalue weighted by atomic mass is 10.1. The van der Waals surface area contributed by atoms with Crippen LogP contribution in [0.1, 0.15) is 67.5 Å². The number of hydrogen-bond acceptors (Lipinski definition) is 0. The zero-order valence-corrected chi connectivity index (χ0v) is 23.3. The van der Waals surface area contributed by atoms with E-state index >= 15 is 0 Å². The Morgan fingerprint density at radius 3 is 0.684 bits per heavy atom. The van der Waals surface area contributed by atoms with Crippen molar-refractivity contribution < 1.29 is 0 Å². The molecule has 5 rings (SSSR count). The zero-order valence-electron chi connectivity index (χ0n) is 23.3. The molecule has 5 aromatic carbocycles. The van der Waals surface area contributed by atoms with E-state index in [1.54, 1.807) is 0 Å². The van der Waals surface area contributed by atoms with Crippen molar-refractivity contribution >= 4 is 10.8 Å². The van der Waals surface area contributed by atoms with Crippen LogP contribution in [0.3, 0.4) is 0 Å². The molecule has 0 spiro atoms. The highest BCUT2D eigenvalue weighted by molar-refractivity contribution is 5.82. The predicted octanol–water partition coefficient (Wildman–Crippen LogP) is 12.3. The van der Waals surface area contributed by atoms with Crippen LogP contribution in [0, 0.1) is 0 Å². The summed E-state index contributed by atoms with van der Waals surface area (Å²) in [4.78, 5) is 0. The van der Waals surface area contributed by atoms with Gasteiger partial charge in [-0.3, -0.25) is 0 Å². The Hall–Kier alpha value is -3.64. The molecular formula is C38H54. The van der Waals surface area contributed by atoms with E-state index in [0.29, 0.717) is 0 Å². The Kier molecular flexibility index (Phi) is 30.3. The lowest BCUT2D eigenvalue weighted by molar-refractivity contribution is 1.14. The Morgan fingerprint density at radius 1 is 0.316 bits per heavy atom. The zero-order chi connectivity index (χ0) is 26.7. The fourth-order valence-electron chi connectivity index (χ4n) is 2.95. The van der Waals surface area contributed by atoms with Gasteiger partial charge in [-0.2, -0.15) is 0 Å². The van der Waals surface area contributed by atoms with Gasteiger partial charge >= 0.3 is 0 Å². The van der Waals surface area contributed by atoms with Gasteiger partial charge in [-0.25, -0.2) is 0 Å². The summed E-state index contributed by atoms with van der Waals surface area (Å²) in [5, 5.41) is 2.62. The van der Waals surface area contributed by atoms with Gasteiger partial charge in [0, 0.05) is 0 Å². The molecule has 0 aliphatic heterocycles. The lowest BCUT2D eigenvalue weighted by Gasteiger charge is -1.92. The normalized spacial score (nSPS) is 8.05. The van der Waals surface area contributed by atoms with Crippen LogP contribution in [0.4, 0.5) is 0 Å². The molecule has 0 radical (unpaired) electrons. The molecule has 0 saturated carbocycles. The minimum absolute atomic E-state index is 0. The summed E-state index contributed by atoms with van der Waals surface area (Å²) in [5.41, 5.74) is 2.82. The molecule has 0 heteroatoms. The van der Waals surface area contributed by atoms with E-state index in [1.165, 1.54) is 21.9 Å². The summed E-state index contributed by atoms with van der Waals surface area (Å²) < 4.78 is 0. The van der Waals surface area contributed by atoms with Gasteiger partial charge in [0.1, 0.15) is 0 Å². The number of aryl methyl sites for hydroxylation is 2. The van der Waals surface area contributed by atoms with E-state index in [4.69, 9.17) is 0 Å². The number of hydrogen-bond donors (Lipinski definition) is 0. The third-order valence-electron chi connectivity index (χ3n) is 4.83. The monoisotopic (exact) mass is 510 g/mol. The van der Waals surface area contributed by atoms with Crippen LogP contribution >= 0.6 is 0 Å². The quantitative estimate of drug-likeness (QED) is 0.221. The average molecular weight is 511 g/mol. The average Bonchev–Trinajstić information content (AvgIpc) is 3.02. The van der Waals surface area contributed by atoms with E-state index in [2.05, 4.69) is 111 Å². The van der Waals surface area contributed by atoms with E-state index < -0.39 is 0 Å². The molecule has 0 N–H and O–H groups in total. The summed E-state index contributed by atoms with van der Waals surface area (Å²) in [7, 11) is 0.